The molecule has 0 saturated carbocycles. The van der Waals surface area contributed by atoms with E-state index in [1.54, 1.807) is 6.07 Å². The monoisotopic (exact) mass is 450 g/mol. The van der Waals surface area contributed by atoms with Gasteiger partial charge in [-0.05, 0) is 33.9 Å². The lowest BCUT2D eigenvalue weighted by atomic mass is 9.66. The first-order chi connectivity index (χ1) is 16.2. The highest BCUT2D eigenvalue weighted by atomic mass is 16.7. The van der Waals surface area contributed by atoms with Crippen LogP contribution in [-0.2, 0) is 10.8 Å². The molecule has 0 aliphatic carbocycles. The zero-order valence-electron chi connectivity index (χ0n) is 20.1. The number of hydrogen-bond acceptors (Lipinski definition) is 2. The van der Waals surface area contributed by atoms with E-state index >= 15 is 0 Å². The Hall–Kier alpha value is -3.85. The molecule has 0 aliphatic heterocycles. The SMILES string of the molecule is CC(C)(c1ccccc1)c1c(OC(=O)O)ccc(-c2ccccc2)c1C(C)(C)c1ccccc1. The van der Waals surface area contributed by atoms with E-state index in [2.05, 4.69) is 64.1 Å². The summed E-state index contributed by atoms with van der Waals surface area (Å²) in [4.78, 5) is 11.7. The fourth-order valence-corrected chi connectivity index (χ4v) is 4.89. The van der Waals surface area contributed by atoms with Crippen molar-refractivity contribution in [3.63, 3.8) is 0 Å². The van der Waals surface area contributed by atoms with Crippen molar-refractivity contribution in [2.24, 2.45) is 0 Å². The molecule has 0 spiro atoms. The first kappa shape index (κ1) is 23.3. The maximum Gasteiger partial charge on any atom is 0.511 e. The van der Waals surface area contributed by atoms with Crippen LogP contribution in [-0.4, -0.2) is 11.3 Å². The van der Waals surface area contributed by atoms with Crippen LogP contribution in [0.4, 0.5) is 4.79 Å². The molecule has 4 aromatic rings. The molecule has 0 atom stereocenters. The lowest BCUT2D eigenvalue weighted by molar-refractivity contribution is 0.143. The predicted octanol–water partition coefficient (Wildman–Crippen LogP) is 8.06. The van der Waals surface area contributed by atoms with Crippen molar-refractivity contribution in [2.75, 3.05) is 0 Å². The van der Waals surface area contributed by atoms with Gasteiger partial charge in [-0.1, -0.05) is 125 Å². The zero-order valence-corrected chi connectivity index (χ0v) is 20.1. The molecule has 0 radical (unpaired) electrons. The maximum atomic E-state index is 11.7. The highest BCUT2D eigenvalue weighted by molar-refractivity contribution is 5.76. The minimum atomic E-state index is -1.32. The Labute approximate surface area is 201 Å². The molecule has 172 valence electrons. The fourth-order valence-electron chi connectivity index (χ4n) is 4.89. The van der Waals surface area contributed by atoms with Gasteiger partial charge in [0, 0.05) is 16.4 Å². The molecule has 3 heteroatoms. The van der Waals surface area contributed by atoms with Gasteiger partial charge in [-0.3, -0.25) is 0 Å². The van der Waals surface area contributed by atoms with Gasteiger partial charge in [0.15, 0.2) is 0 Å². The summed E-state index contributed by atoms with van der Waals surface area (Å²) in [7, 11) is 0. The lowest BCUT2D eigenvalue weighted by Gasteiger charge is -2.38. The van der Waals surface area contributed by atoms with Crippen LogP contribution < -0.4 is 4.74 Å². The number of carboxylic acid groups (broad SMARTS) is 1. The van der Waals surface area contributed by atoms with E-state index < -0.39 is 17.0 Å². The van der Waals surface area contributed by atoms with Gasteiger partial charge in [-0.2, -0.15) is 0 Å². The van der Waals surface area contributed by atoms with Crippen LogP contribution in [0.1, 0.15) is 49.9 Å². The molecule has 0 fully saturated rings. The number of hydrogen-bond donors (Lipinski definition) is 1. The van der Waals surface area contributed by atoms with Crippen LogP contribution in [0, 0.1) is 0 Å². The lowest BCUT2D eigenvalue weighted by Crippen LogP contribution is -2.30. The van der Waals surface area contributed by atoms with Crippen LogP contribution in [0.2, 0.25) is 0 Å². The number of benzene rings is 4. The summed E-state index contributed by atoms with van der Waals surface area (Å²) in [6.07, 6.45) is -1.32. The third kappa shape index (κ3) is 4.34. The Morgan fingerprint density at radius 2 is 1.06 bits per heavy atom. The average molecular weight is 451 g/mol. The van der Waals surface area contributed by atoms with E-state index in [0.717, 1.165) is 33.4 Å². The summed E-state index contributed by atoms with van der Waals surface area (Å²) in [6.45, 7) is 8.65. The van der Waals surface area contributed by atoms with Gasteiger partial charge in [0.1, 0.15) is 5.75 Å². The Morgan fingerprint density at radius 1 is 0.618 bits per heavy atom. The molecule has 0 bridgehead atoms. The maximum absolute atomic E-state index is 11.7. The van der Waals surface area contributed by atoms with Crippen molar-refractivity contribution in [1.82, 2.24) is 0 Å². The van der Waals surface area contributed by atoms with Gasteiger partial charge in [0.05, 0.1) is 0 Å². The topological polar surface area (TPSA) is 46.5 Å². The summed E-state index contributed by atoms with van der Waals surface area (Å²) in [5, 5.41) is 9.60. The molecule has 0 saturated heterocycles. The van der Waals surface area contributed by atoms with E-state index in [0.29, 0.717) is 5.75 Å². The van der Waals surface area contributed by atoms with Crippen molar-refractivity contribution in [3.05, 3.63) is 125 Å². The Kier molecular flexibility index (Phi) is 6.30. The summed E-state index contributed by atoms with van der Waals surface area (Å²) >= 11 is 0. The summed E-state index contributed by atoms with van der Waals surface area (Å²) in [6, 6.07) is 34.5. The van der Waals surface area contributed by atoms with E-state index in [4.69, 9.17) is 4.74 Å². The molecule has 1 N–H and O–H groups in total. The van der Waals surface area contributed by atoms with Crippen molar-refractivity contribution < 1.29 is 14.6 Å². The molecule has 0 unspecified atom stereocenters. The van der Waals surface area contributed by atoms with Gasteiger partial charge in [-0.15, -0.1) is 0 Å². The largest absolute Gasteiger partial charge is 0.511 e. The smallest absolute Gasteiger partial charge is 0.449 e. The molecule has 4 rings (SSSR count). The quantitative estimate of drug-likeness (QED) is 0.239. The highest BCUT2D eigenvalue weighted by Gasteiger charge is 2.38. The fraction of sp³-hybridized carbons (Fsp3) is 0.194. The predicted molar refractivity (Wildman–Crippen MR) is 138 cm³/mol. The second kappa shape index (κ2) is 9.18. The normalized spacial score (nSPS) is 11.8. The van der Waals surface area contributed by atoms with Crippen LogP contribution in [0.15, 0.2) is 103 Å². The molecule has 4 aromatic carbocycles. The molecule has 34 heavy (non-hydrogen) atoms. The van der Waals surface area contributed by atoms with Gasteiger partial charge >= 0.3 is 6.16 Å². The van der Waals surface area contributed by atoms with Crippen LogP contribution in [0.5, 0.6) is 5.75 Å². The Bertz CT molecular complexity index is 1270. The van der Waals surface area contributed by atoms with E-state index in [9.17, 15) is 9.90 Å². The number of carbonyl (C=O) groups is 1. The third-order valence-corrected chi connectivity index (χ3v) is 6.69. The van der Waals surface area contributed by atoms with Gasteiger partial charge < -0.3 is 9.84 Å². The molecular formula is C31H30O3. The first-order valence-electron chi connectivity index (χ1n) is 11.5. The van der Waals surface area contributed by atoms with E-state index in [1.165, 1.54) is 0 Å². The zero-order chi connectivity index (χ0) is 24.3. The Morgan fingerprint density at radius 3 is 1.53 bits per heavy atom. The average Bonchev–Trinajstić information content (AvgIpc) is 2.85. The summed E-state index contributed by atoms with van der Waals surface area (Å²) in [5.74, 6) is 0.361. The van der Waals surface area contributed by atoms with Gasteiger partial charge in [0.2, 0.25) is 0 Å². The van der Waals surface area contributed by atoms with Crippen molar-refractivity contribution in [2.45, 2.75) is 38.5 Å². The van der Waals surface area contributed by atoms with Crippen LogP contribution in [0.3, 0.4) is 0 Å². The molecule has 0 aliphatic rings. The number of ether oxygens (including phenoxy) is 1. The minimum absolute atomic E-state index is 0.361. The van der Waals surface area contributed by atoms with E-state index in [-0.39, 0.29) is 0 Å². The number of rotatable bonds is 6. The molecular weight excluding hydrogens is 420 g/mol. The van der Waals surface area contributed by atoms with Gasteiger partial charge in [-0.25, -0.2) is 4.79 Å². The van der Waals surface area contributed by atoms with Crippen molar-refractivity contribution in [1.29, 1.82) is 0 Å². The van der Waals surface area contributed by atoms with Crippen molar-refractivity contribution >= 4 is 6.16 Å². The Balaban J connectivity index is 2.13. The molecule has 0 aromatic heterocycles. The summed E-state index contributed by atoms with van der Waals surface area (Å²) in [5.41, 5.74) is 5.32. The van der Waals surface area contributed by atoms with Crippen LogP contribution >= 0.6 is 0 Å². The van der Waals surface area contributed by atoms with Crippen molar-refractivity contribution in [3.8, 4) is 16.9 Å². The summed E-state index contributed by atoms with van der Waals surface area (Å²) < 4.78 is 5.43. The second-order valence-electron chi connectivity index (χ2n) is 9.58. The van der Waals surface area contributed by atoms with Crippen LogP contribution in [0.25, 0.3) is 11.1 Å². The molecule has 0 heterocycles. The first-order valence-corrected chi connectivity index (χ1v) is 11.5. The molecule has 3 nitrogen and oxygen atoms in total. The minimum Gasteiger partial charge on any atom is -0.449 e. The standard InChI is InChI=1S/C31H30O3/c1-30(2,23-16-10-6-11-17-23)27-25(22-14-8-5-9-15-22)20-21-26(34-29(32)33)28(27)31(3,4)24-18-12-7-13-19-24/h5-21H,1-4H3,(H,32,33). The third-order valence-electron chi connectivity index (χ3n) is 6.69. The second-order valence-corrected chi connectivity index (χ2v) is 9.58. The molecule has 0 amide bonds. The highest BCUT2D eigenvalue weighted by Crippen LogP contribution is 2.49. The van der Waals surface area contributed by atoms with Gasteiger partial charge in [0.25, 0.3) is 0 Å². The van der Waals surface area contributed by atoms with E-state index in [1.807, 2.05) is 60.7 Å².